The van der Waals surface area contributed by atoms with E-state index in [1.54, 1.807) is 24.3 Å². The van der Waals surface area contributed by atoms with Gasteiger partial charge in [0.15, 0.2) is 0 Å². The van der Waals surface area contributed by atoms with Crippen LogP contribution < -0.4 is 9.64 Å². The van der Waals surface area contributed by atoms with Crippen LogP contribution in [0.25, 0.3) is 0 Å². The summed E-state index contributed by atoms with van der Waals surface area (Å²) in [5, 5.41) is 0. The summed E-state index contributed by atoms with van der Waals surface area (Å²) in [6.07, 6.45) is 1.54. The van der Waals surface area contributed by atoms with Crippen molar-refractivity contribution < 1.29 is 18.2 Å². The lowest BCUT2D eigenvalue weighted by Gasteiger charge is -2.44. The van der Waals surface area contributed by atoms with Crippen molar-refractivity contribution in [2.45, 2.75) is 29.7 Å². The first kappa shape index (κ1) is 18.5. The van der Waals surface area contributed by atoms with Crippen molar-refractivity contribution in [3.05, 3.63) is 72.2 Å². The maximum Gasteiger partial charge on any atom is 0.233 e. The highest BCUT2D eigenvalue weighted by Gasteiger charge is 2.49. The number of anilines is 1. The van der Waals surface area contributed by atoms with Gasteiger partial charge in [-0.15, -0.1) is 0 Å². The van der Waals surface area contributed by atoms with Crippen LogP contribution in [0.1, 0.15) is 24.3 Å². The average Bonchev–Trinajstić information content (AvgIpc) is 3.20. The molecule has 4 rings (SSSR count). The summed E-state index contributed by atoms with van der Waals surface area (Å²) in [4.78, 5) is 15.6. The van der Waals surface area contributed by atoms with Crippen LogP contribution in [0.15, 0.2) is 75.1 Å². The number of benzene rings is 2. The summed E-state index contributed by atoms with van der Waals surface area (Å²) in [5.41, 5.74) is 1.87. The molecule has 0 radical (unpaired) electrons. The molecule has 0 bridgehead atoms. The topological polar surface area (TPSA) is 59.8 Å². The fraction of sp³-hybridized carbons (Fsp3) is 0.227. The van der Waals surface area contributed by atoms with Gasteiger partial charge in [-0.05, 0) is 49.4 Å². The predicted molar refractivity (Wildman–Crippen MR) is 107 cm³/mol. The molecule has 1 amide bonds. The van der Waals surface area contributed by atoms with E-state index in [4.69, 9.17) is 9.15 Å². The molecule has 6 heteroatoms. The molecule has 2 aromatic carbocycles. The number of carbonyl (C=O) groups is 1. The average molecular weight is 395 g/mol. The van der Waals surface area contributed by atoms with E-state index in [2.05, 4.69) is 0 Å². The SMILES string of the molecule is COc1ccc(N2C(=O)[C@@H](C)[C@H]2c2occc2S(=O)c2ccc(C)cc2)cc1. The first-order valence-electron chi connectivity index (χ1n) is 9.04. The molecule has 0 aliphatic carbocycles. The molecule has 1 saturated heterocycles. The number of furan rings is 1. The largest absolute Gasteiger partial charge is 0.497 e. The summed E-state index contributed by atoms with van der Waals surface area (Å²) >= 11 is 0. The van der Waals surface area contributed by atoms with Crippen molar-refractivity contribution in [3.8, 4) is 5.75 Å². The number of methoxy groups -OCH3 is 1. The lowest BCUT2D eigenvalue weighted by atomic mass is 9.86. The molecule has 0 N–H and O–H groups in total. The Morgan fingerprint density at radius 3 is 2.36 bits per heavy atom. The number of nitrogens with zero attached hydrogens (tertiary/aromatic N) is 1. The lowest BCUT2D eigenvalue weighted by molar-refractivity contribution is -0.130. The smallest absolute Gasteiger partial charge is 0.233 e. The maximum absolute atomic E-state index is 13.1. The Morgan fingerprint density at radius 1 is 1.04 bits per heavy atom. The molecule has 0 saturated carbocycles. The Kier molecular flexibility index (Phi) is 4.81. The van der Waals surface area contributed by atoms with Crippen LogP contribution >= 0.6 is 0 Å². The van der Waals surface area contributed by atoms with Gasteiger partial charge in [0.25, 0.3) is 0 Å². The number of hydrogen-bond donors (Lipinski definition) is 0. The van der Waals surface area contributed by atoms with E-state index < -0.39 is 10.8 Å². The zero-order chi connectivity index (χ0) is 19.8. The van der Waals surface area contributed by atoms with Gasteiger partial charge in [0.1, 0.15) is 17.6 Å². The van der Waals surface area contributed by atoms with Crippen LogP contribution in [-0.2, 0) is 15.6 Å². The summed E-state index contributed by atoms with van der Waals surface area (Å²) in [5.74, 6) is 1.06. The molecule has 0 spiro atoms. The van der Waals surface area contributed by atoms with Crippen molar-refractivity contribution in [1.29, 1.82) is 0 Å². The minimum atomic E-state index is -1.38. The van der Waals surface area contributed by atoms with E-state index in [1.807, 2.05) is 62.4 Å². The third kappa shape index (κ3) is 3.03. The molecular formula is C22H21NO4S. The molecule has 2 heterocycles. The van der Waals surface area contributed by atoms with Crippen LogP contribution in [0.2, 0.25) is 0 Å². The highest BCUT2D eigenvalue weighted by Crippen LogP contribution is 2.45. The van der Waals surface area contributed by atoms with Crippen molar-refractivity contribution >= 4 is 22.4 Å². The predicted octanol–water partition coefficient (Wildman–Crippen LogP) is 4.49. The van der Waals surface area contributed by atoms with Crippen molar-refractivity contribution in [1.82, 2.24) is 0 Å². The Bertz CT molecular complexity index is 1020. The molecule has 1 unspecified atom stereocenters. The van der Waals surface area contributed by atoms with Crippen LogP contribution in [0, 0.1) is 12.8 Å². The van der Waals surface area contributed by atoms with Crippen LogP contribution in [0.5, 0.6) is 5.75 Å². The molecule has 28 heavy (non-hydrogen) atoms. The highest BCUT2D eigenvalue weighted by atomic mass is 32.2. The van der Waals surface area contributed by atoms with Gasteiger partial charge in [0.05, 0.1) is 35.0 Å². The molecule has 1 aliphatic heterocycles. The molecule has 5 nitrogen and oxygen atoms in total. The standard InChI is InChI=1S/C22H21NO4S/c1-14-4-10-18(11-5-14)28(25)19-12-13-27-21(19)20-15(2)22(24)23(20)16-6-8-17(26-3)9-7-16/h4-13,15,20H,1-3H3/t15-,20-,28?/m0/s1. The first-order chi connectivity index (χ1) is 13.5. The van der Waals surface area contributed by atoms with Gasteiger partial charge < -0.3 is 14.1 Å². The molecule has 1 fully saturated rings. The summed E-state index contributed by atoms with van der Waals surface area (Å²) in [6.45, 7) is 3.86. The van der Waals surface area contributed by atoms with Gasteiger partial charge in [-0.2, -0.15) is 0 Å². The number of ether oxygens (including phenoxy) is 1. The Balaban J connectivity index is 1.68. The third-order valence-corrected chi connectivity index (χ3v) is 6.53. The van der Waals surface area contributed by atoms with Gasteiger partial charge in [-0.25, -0.2) is 4.21 Å². The van der Waals surface area contributed by atoms with Gasteiger partial charge in [0.2, 0.25) is 5.91 Å². The van der Waals surface area contributed by atoms with E-state index in [9.17, 15) is 9.00 Å². The van der Waals surface area contributed by atoms with E-state index >= 15 is 0 Å². The number of amides is 1. The molecule has 1 aliphatic rings. The van der Waals surface area contributed by atoms with Gasteiger partial charge >= 0.3 is 0 Å². The van der Waals surface area contributed by atoms with Gasteiger partial charge in [-0.3, -0.25) is 4.79 Å². The Morgan fingerprint density at radius 2 is 1.71 bits per heavy atom. The minimum absolute atomic E-state index is 0.0126. The maximum atomic E-state index is 13.1. The zero-order valence-electron chi connectivity index (χ0n) is 15.9. The number of rotatable bonds is 5. The van der Waals surface area contributed by atoms with E-state index in [0.717, 1.165) is 17.0 Å². The van der Waals surface area contributed by atoms with E-state index in [-0.39, 0.29) is 17.9 Å². The molecular weight excluding hydrogens is 374 g/mol. The van der Waals surface area contributed by atoms with Crippen molar-refractivity contribution in [3.63, 3.8) is 0 Å². The molecule has 3 atom stereocenters. The summed E-state index contributed by atoms with van der Waals surface area (Å²) in [6, 6.07) is 16.3. The second kappa shape index (κ2) is 7.28. The molecule has 1 aromatic heterocycles. The third-order valence-electron chi connectivity index (χ3n) is 5.09. The second-order valence-corrected chi connectivity index (χ2v) is 8.32. The Hall–Kier alpha value is -2.86. The number of carbonyl (C=O) groups excluding carboxylic acids is 1. The molecule has 3 aromatic rings. The number of hydrogen-bond acceptors (Lipinski definition) is 4. The van der Waals surface area contributed by atoms with Crippen LogP contribution in [-0.4, -0.2) is 17.2 Å². The lowest BCUT2D eigenvalue weighted by Crippen LogP contribution is -2.54. The molecule has 144 valence electrons. The van der Waals surface area contributed by atoms with Crippen LogP contribution in [0.4, 0.5) is 5.69 Å². The van der Waals surface area contributed by atoms with Crippen molar-refractivity contribution in [2.24, 2.45) is 5.92 Å². The van der Waals surface area contributed by atoms with E-state index in [1.165, 1.54) is 0 Å². The quantitative estimate of drug-likeness (QED) is 0.598. The fourth-order valence-corrected chi connectivity index (χ4v) is 4.64. The zero-order valence-corrected chi connectivity index (χ0v) is 16.7. The fourth-order valence-electron chi connectivity index (χ4n) is 3.47. The van der Waals surface area contributed by atoms with E-state index in [0.29, 0.717) is 15.6 Å². The highest BCUT2D eigenvalue weighted by molar-refractivity contribution is 7.85. The van der Waals surface area contributed by atoms with Crippen molar-refractivity contribution in [2.75, 3.05) is 12.0 Å². The van der Waals surface area contributed by atoms with Crippen LogP contribution in [0.3, 0.4) is 0 Å². The monoisotopic (exact) mass is 395 g/mol. The summed E-state index contributed by atoms with van der Waals surface area (Å²) < 4.78 is 24.1. The normalized spacial score (nSPS) is 20.0. The first-order valence-corrected chi connectivity index (χ1v) is 10.2. The van der Waals surface area contributed by atoms with Gasteiger partial charge in [0, 0.05) is 10.6 Å². The minimum Gasteiger partial charge on any atom is -0.497 e. The Labute approximate surface area is 166 Å². The summed E-state index contributed by atoms with van der Waals surface area (Å²) in [7, 11) is 0.223. The number of aryl methyl sites for hydroxylation is 1. The second-order valence-electron chi connectivity index (χ2n) is 6.87. The number of β-lactam (4-membered cyclic amide) rings is 1. The van der Waals surface area contributed by atoms with Gasteiger partial charge in [-0.1, -0.05) is 24.6 Å².